The van der Waals surface area contributed by atoms with Gasteiger partial charge < -0.3 is 15.0 Å². The largest absolute Gasteiger partial charge is 0.497 e. The SMILES string of the molecule is COc1ccc(CCC(=O)N2CCCN(CC(=O)Nc3ccc(C(F)(F)F)cc3)CC2)cc1. The highest BCUT2D eigenvalue weighted by atomic mass is 19.4. The molecule has 1 aliphatic heterocycles. The summed E-state index contributed by atoms with van der Waals surface area (Å²) in [5, 5.41) is 2.63. The summed E-state index contributed by atoms with van der Waals surface area (Å²) in [4.78, 5) is 28.8. The first-order valence-corrected chi connectivity index (χ1v) is 10.8. The van der Waals surface area contributed by atoms with E-state index in [1.807, 2.05) is 34.1 Å². The van der Waals surface area contributed by atoms with Crippen LogP contribution in [0.2, 0.25) is 0 Å². The molecule has 178 valence electrons. The van der Waals surface area contributed by atoms with Gasteiger partial charge in [-0.3, -0.25) is 14.5 Å². The molecule has 2 amide bonds. The average Bonchev–Trinajstić information content (AvgIpc) is 3.03. The number of carbonyl (C=O) groups excluding carboxylic acids is 2. The van der Waals surface area contributed by atoms with Gasteiger partial charge in [0.05, 0.1) is 19.2 Å². The van der Waals surface area contributed by atoms with Gasteiger partial charge in [0, 0.05) is 38.3 Å². The molecule has 0 aromatic heterocycles. The van der Waals surface area contributed by atoms with Crippen molar-refractivity contribution in [3.63, 3.8) is 0 Å². The fourth-order valence-corrected chi connectivity index (χ4v) is 3.73. The third-order valence-electron chi connectivity index (χ3n) is 5.59. The van der Waals surface area contributed by atoms with Crippen molar-refractivity contribution in [1.29, 1.82) is 0 Å². The zero-order valence-electron chi connectivity index (χ0n) is 18.5. The van der Waals surface area contributed by atoms with Gasteiger partial charge in [0.25, 0.3) is 0 Å². The maximum atomic E-state index is 12.7. The number of alkyl halides is 3. The van der Waals surface area contributed by atoms with Crippen molar-refractivity contribution in [1.82, 2.24) is 9.80 Å². The summed E-state index contributed by atoms with van der Waals surface area (Å²) in [5.74, 6) is 0.566. The second-order valence-corrected chi connectivity index (χ2v) is 7.98. The number of anilines is 1. The van der Waals surface area contributed by atoms with E-state index in [4.69, 9.17) is 4.74 Å². The summed E-state index contributed by atoms with van der Waals surface area (Å²) in [6.07, 6.45) is -2.59. The van der Waals surface area contributed by atoms with Crippen LogP contribution in [-0.4, -0.2) is 61.4 Å². The molecule has 1 N–H and O–H groups in total. The minimum atomic E-state index is -4.41. The van der Waals surface area contributed by atoms with Gasteiger partial charge in [0.1, 0.15) is 5.75 Å². The number of ether oxygens (including phenoxy) is 1. The third kappa shape index (κ3) is 7.49. The predicted octanol–water partition coefficient (Wildman–Crippen LogP) is 3.82. The highest BCUT2D eigenvalue weighted by Gasteiger charge is 2.30. The zero-order valence-corrected chi connectivity index (χ0v) is 18.5. The highest BCUT2D eigenvalue weighted by Crippen LogP contribution is 2.29. The Morgan fingerprint density at radius 1 is 0.970 bits per heavy atom. The van der Waals surface area contributed by atoms with Crippen LogP contribution in [0, 0.1) is 0 Å². The van der Waals surface area contributed by atoms with Gasteiger partial charge in [-0.2, -0.15) is 13.2 Å². The lowest BCUT2D eigenvalue weighted by Gasteiger charge is -2.22. The number of nitrogens with one attached hydrogen (secondary N) is 1. The number of carbonyl (C=O) groups is 2. The van der Waals surface area contributed by atoms with Crippen LogP contribution in [0.4, 0.5) is 18.9 Å². The maximum Gasteiger partial charge on any atom is 0.416 e. The number of rotatable bonds is 7. The lowest BCUT2D eigenvalue weighted by atomic mass is 10.1. The zero-order chi connectivity index (χ0) is 23.8. The van der Waals surface area contributed by atoms with Gasteiger partial charge >= 0.3 is 6.18 Å². The molecule has 1 aliphatic rings. The van der Waals surface area contributed by atoms with Gasteiger partial charge in [-0.1, -0.05) is 12.1 Å². The van der Waals surface area contributed by atoms with Gasteiger partial charge in [-0.25, -0.2) is 0 Å². The molecule has 0 radical (unpaired) electrons. The Morgan fingerprint density at radius 2 is 1.67 bits per heavy atom. The van der Waals surface area contributed by atoms with E-state index in [9.17, 15) is 22.8 Å². The van der Waals surface area contributed by atoms with Crippen molar-refractivity contribution in [2.45, 2.75) is 25.4 Å². The molecule has 1 fully saturated rings. The van der Waals surface area contributed by atoms with Crippen LogP contribution in [0.5, 0.6) is 5.75 Å². The molecule has 2 aromatic rings. The minimum absolute atomic E-state index is 0.0851. The predicted molar refractivity (Wildman–Crippen MR) is 119 cm³/mol. The summed E-state index contributed by atoms with van der Waals surface area (Å²) in [6, 6.07) is 12.0. The van der Waals surface area contributed by atoms with Crippen molar-refractivity contribution < 1.29 is 27.5 Å². The van der Waals surface area contributed by atoms with E-state index < -0.39 is 11.7 Å². The van der Waals surface area contributed by atoms with Crippen molar-refractivity contribution >= 4 is 17.5 Å². The molecule has 0 spiro atoms. The van der Waals surface area contributed by atoms with Crippen LogP contribution in [-0.2, 0) is 22.2 Å². The molecule has 1 saturated heterocycles. The Labute approximate surface area is 191 Å². The number of amides is 2. The van der Waals surface area contributed by atoms with Crippen LogP contribution < -0.4 is 10.1 Å². The van der Waals surface area contributed by atoms with E-state index in [1.54, 1.807) is 7.11 Å². The molecule has 0 unspecified atom stereocenters. The second kappa shape index (κ2) is 11.2. The Kier molecular flexibility index (Phi) is 8.32. The van der Waals surface area contributed by atoms with Crippen molar-refractivity contribution in [2.24, 2.45) is 0 Å². The van der Waals surface area contributed by atoms with Crippen molar-refractivity contribution in [2.75, 3.05) is 45.2 Å². The first kappa shape index (κ1) is 24.6. The quantitative estimate of drug-likeness (QED) is 0.678. The smallest absolute Gasteiger partial charge is 0.416 e. The highest BCUT2D eigenvalue weighted by molar-refractivity contribution is 5.92. The molecule has 9 heteroatoms. The molecular formula is C24H28F3N3O3. The normalized spacial score (nSPS) is 15.1. The lowest BCUT2D eigenvalue weighted by Crippen LogP contribution is -2.38. The molecule has 0 atom stereocenters. The van der Waals surface area contributed by atoms with Crippen LogP contribution in [0.15, 0.2) is 48.5 Å². The van der Waals surface area contributed by atoms with Gasteiger partial charge in [-0.05, 0) is 54.8 Å². The van der Waals surface area contributed by atoms with Crippen molar-refractivity contribution in [3.05, 3.63) is 59.7 Å². The van der Waals surface area contributed by atoms with E-state index in [-0.39, 0.29) is 18.4 Å². The summed E-state index contributed by atoms with van der Waals surface area (Å²) in [6.45, 7) is 2.53. The van der Waals surface area contributed by atoms with Crippen LogP contribution in [0.3, 0.4) is 0 Å². The molecular weight excluding hydrogens is 435 g/mol. The van der Waals surface area contributed by atoms with E-state index >= 15 is 0 Å². The minimum Gasteiger partial charge on any atom is -0.497 e. The summed E-state index contributed by atoms with van der Waals surface area (Å²) in [5.41, 5.74) is 0.628. The number of hydrogen-bond donors (Lipinski definition) is 1. The van der Waals surface area contributed by atoms with E-state index in [0.717, 1.165) is 29.9 Å². The second-order valence-electron chi connectivity index (χ2n) is 7.98. The number of methoxy groups -OCH3 is 1. The summed E-state index contributed by atoms with van der Waals surface area (Å²) < 4.78 is 43.1. The van der Waals surface area contributed by atoms with E-state index in [1.165, 1.54) is 12.1 Å². The third-order valence-corrected chi connectivity index (χ3v) is 5.59. The molecule has 3 rings (SSSR count). The Morgan fingerprint density at radius 3 is 2.30 bits per heavy atom. The fraction of sp³-hybridized carbons (Fsp3) is 0.417. The molecule has 0 saturated carbocycles. The average molecular weight is 464 g/mol. The monoisotopic (exact) mass is 463 g/mol. The number of aryl methyl sites for hydroxylation is 1. The van der Waals surface area contributed by atoms with Crippen LogP contribution in [0.25, 0.3) is 0 Å². The Bertz CT molecular complexity index is 931. The van der Waals surface area contributed by atoms with E-state index in [2.05, 4.69) is 5.32 Å². The van der Waals surface area contributed by atoms with Crippen molar-refractivity contribution in [3.8, 4) is 5.75 Å². The molecule has 6 nitrogen and oxygen atoms in total. The molecule has 33 heavy (non-hydrogen) atoms. The maximum absolute atomic E-state index is 12.7. The number of nitrogens with zero attached hydrogens (tertiary/aromatic N) is 2. The fourth-order valence-electron chi connectivity index (χ4n) is 3.73. The van der Waals surface area contributed by atoms with Gasteiger partial charge in [0.2, 0.25) is 11.8 Å². The topological polar surface area (TPSA) is 61.9 Å². The molecule has 2 aromatic carbocycles. The molecule has 0 aliphatic carbocycles. The first-order chi connectivity index (χ1) is 15.7. The molecule has 0 bridgehead atoms. The number of benzene rings is 2. The lowest BCUT2D eigenvalue weighted by molar-refractivity contribution is -0.137. The van der Waals surface area contributed by atoms with Crippen LogP contribution >= 0.6 is 0 Å². The Hall–Kier alpha value is -3.07. The number of halogens is 3. The summed E-state index contributed by atoms with van der Waals surface area (Å²) in [7, 11) is 1.61. The standard InChI is InChI=1S/C24H28F3N3O3/c1-33-21-10-3-18(4-11-21)5-12-23(32)30-14-2-13-29(15-16-30)17-22(31)28-20-8-6-19(7-9-20)24(25,26)27/h3-4,6-11H,2,5,12-17H2,1H3,(H,28,31). The van der Waals surface area contributed by atoms with Gasteiger partial charge in [0.15, 0.2) is 0 Å². The Balaban J connectivity index is 1.43. The van der Waals surface area contributed by atoms with E-state index in [0.29, 0.717) is 44.7 Å². The molecule has 1 heterocycles. The van der Waals surface area contributed by atoms with Gasteiger partial charge in [-0.15, -0.1) is 0 Å². The van der Waals surface area contributed by atoms with Crippen LogP contribution in [0.1, 0.15) is 24.0 Å². The number of hydrogen-bond acceptors (Lipinski definition) is 4. The summed E-state index contributed by atoms with van der Waals surface area (Å²) >= 11 is 0. The first-order valence-electron chi connectivity index (χ1n) is 10.8.